The van der Waals surface area contributed by atoms with Crippen LogP contribution >= 0.6 is 11.8 Å². The van der Waals surface area contributed by atoms with E-state index in [-0.39, 0.29) is 0 Å². The summed E-state index contributed by atoms with van der Waals surface area (Å²) in [6, 6.07) is 15.1. The zero-order valence-electron chi connectivity index (χ0n) is 12.8. The molecule has 0 bridgehead atoms. The van der Waals surface area contributed by atoms with Gasteiger partial charge in [-0.25, -0.2) is 0 Å². The Hall–Kier alpha value is -2.26. The van der Waals surface area contributed by atoms with E-state index in [1.165, 1.54) is 20.9 Å². The van der Waals surface area contributed by atoms with Gasteiger partial charge < -0.3 is 0 Å². The topological polar surface area (TPSA) is 24.4 Å². The fourth-order valence-corrected chi connectivity index (χ4v) is 3.09. The Balaban J connectivity index is 1.82. The van der Waals surface area contributed by atoms with E-state index in [0.29, 0.717) is 0 Å². The molecule has 110 valence electrons. The van der Waals surface area contributed by atoms with Gasteiger partial charge >= 0.3 is 0 Å². The van der Waals surface area contributed by atoms with Gasteiger partial charge in [0.1, 0.15) is 0 Å². The molecule has 0 aromatic heterocycles. The average molecular weight is 306 g/mol. The van der Waals surface area contributed by atoms with Crippen molar-refractivity contribution in [3.05, 3.63) is 83.6 Å². The number of hydrogen-bond acceptors (Lipinski definition) is 3. The van der Waals surface area contributed by atoms with Gasteiger partial charge in [0.15, 0.2) is 0 Å². The Kier molecular flexibility index (Phi) is 4.16. The summed E-state index contributed by atoms with van der Waals surface area (Å²) in [5.74, 6) is 0. The van der Waals surface area contributed by atoms with E-state index in [2.05, 4.69) is 73.4 Å². The predicted molar refractivity (Wildman–Crippen MR) is 94.4 cm³/mol. The Bertz CT molecular complexity index is 771. The molecule has 0 saturated heterocycles. The smallest absolute Gasteiger partial charge is 0.0906 e. The third-order valence-corrected chi connectivity index (χ3v) is 4.67. The first-order valence-corrected chi connectivity index (χ1v) is 8.00. The van der Waals surface area contributed by atoms with Crippen molar-refractivity contribution in [2.45, 2.75) is 23.6 Å². The van der Waals surface area contributed by atoms with E-state index in [1.807, 2.05) is 12.2 Å². The monoisotopic (exact) mass is 306 g/mol. The Labute approximate surface area is 135 Å². The van der Waals surface area contributed by atoms with E-state index in [4.69, 9.17) is 0 Å². The largest absolute Gasteiger partial charge is 0.279 e. The molecule has 2 nitrogen and oxygen atoms in total. The molecule has 1 heterocycles. The molecule has 0 amide bonds. The quantitative estimate of drug-likeness (QED) is 0.878. The third-order valence-electron chi connectivity index (χ3n) is 3.48. The lowest BCUT2D eigenvalue weighted by Crippen LogP contribution is -2.12. The first kappa shape index (κ1) is 14.7. The maximum atomic E-state index is 4.32. The molecule has 0 unspecified atom stereocenters. The van der Waals surface area contributed by atoms with Gasteiger partial charge in [-0.3, -0.25) is 5.43 Å². The second-order valence-electron chi connectivity index (χ2n) is 5.36. The van der Waals surface area contributed by atoms with Crippen molar-refractivity contribution < 1.29 is 0 Å². The Morgan fingerprint density at radius 2 is 1.77 bits per heavy atom. The minimum absolute atomic E-state index is 0.812. The zero-order valence-corrected chi connectivity index (χ0v) is 13.6. The van der Waals surface area contributed by atoms with Crippen LogP contribution in [0.15, 0.2) is 81.8 Å². The number of nitrogens with zero attached hydrogens (tertiary/aromatic N) is 1. The van der Waals surface area contributed by atoms with Crippen LogP contribution in [0.4, 0.5) is 0 Å². The van der Waals surface area contributed by atoms with Crippen LogP contribution in [0.3, 0.4) is 0 Å². The van der Waals surface area contributed by atoms with E-state index >= 15 is 0 Å². The highest BCUT2D eigenvalue weighted by Gasteiger charge is 2.08. The van der Waals surface area contributed by atoms with Crippen molar-refractivity contribution in [3.63, 3.8) is 0 Å². The molecule has 1 aliphatic heterocycles. The lowest BCUT2D eigenvalue weighted by Gasteiger charge is -2.12. The highest BCUT2D eigenvalue weighted by atomic mass is 32.2. The number of hydrogen-bond donors (Lipinski definition) is 1. The van der Waals surface area contributed by atoms with E-state index in [0.717, 1.165) is 17.0 Å². The number of nitrogens with one attached hydrogen (secondary N) is 1. The summed E-state index contributed by atoms with van der Waals surface area (Å²) in [6.45, 7) is 8.06. The van der Waals surface area contributed by atoms with Crippen LogP contribution in [0.1, 0.15) is 16.7 Å². The number of aryl methyl sites for hydroxylation is 2. The first-order chi connectivity index (χ1) is 10.6. The molecule has 2 aromatic rings. The number of benzene rings is 2. The number of allylic oxidation sites excluding steroid dienone is 2. The third kappa shape index (κ3) is 3.31. The molecule has 3 rings (SSSR count). The molecule has 0 saturated carbocycles. The lowest BCUT2D eigenvalue weighted by molar-refractivity contribution is 0.914. The van der Waals surface area contributed by atoms with E-state index in [1.54, 1.807) is 11.8 Å². The summed E-state index contributed by atoms with van der Waals surface area (Å²) < 4.78 is 0. The summed E-state index contributed by atoms with van der Waals surface area (Å²) in [5.41, 5.74) is 8.31. The fourth-order valence-electron chi connectivity index (χ4n) is 2.20. The zero-order chi connectivity index (χ0) is 15.5. The van der Waals surface area contributed by atoms with Gasteiger partial charge in [-0.1, -0.05) is 42.1 Å². The van der Waals surface area contributed by atoms with Gasteiger partial charge in [0.05, 0.1) is 5.71 Å². The summed E-state index contributed by atoms with van der Waals surface area (Å²) in [6.07, 6.45) is 3.92. The first-order valence-electron chi connectivity index (χ1n) is 7.18. The molecular weight excluding hydrogens is 288 g/mol. The van der Waals surface area contributed by atoms with Gasteiger partial charge in [0.25, 0.3) is 0 Å². The molecule has 22 heavy (non-hydrogen) atoms. The molecule has 0 fully saturated rings. The van der Waals surface area contributed by atoms with Crippen LogP contribution < -0.4 is 5.43 Å². The van der Waals surface area contributed by atoms with Crippen LogP contribution in [-0.2, 0) is 0 Å². The van der Waals surface area contributed by atoms with Gasteiger partial charge in [0.2, 0.25) is 0 Å². The number of hydrazone groups is 1. The maximum Gasteiger partial charge on any atom is 0.0906 e. The predicted octanol–water partition coefficient (Wildman–Crippen LogP) is 4.83. The highest BCUT2D eigenvalue weighted by molar-refractivity contribution is 7.99. The summed E-state index contributed by atoms with van der Waals surface area (Å²) in [4.78, 5) is 2.53. The molecule has 1 aliphatic rings. The minimum atomic E-state index is 0.812. The normalized spacial score (nSPS) is 13.7. The van der Waals surface area contributed by atoms with Crippen molar-refractivity contribution in [2.24, 2.45) is 5.10 Å². The lowest BCUT2D eigenvalue weighted by atomic mass is 10.1. The molecule has 0 radical (unpaired) electrons. The van der Waals surface area contributed by atoms with Crippen LogP contribution in [0, 0.1) is 13.8 Å². The van der Waals surface area contributed by atoms with Crippen molar-refractivity contribution in [1.29, 1.82) is 0 Å². The van der Waals surface area contributed by atoms with Gasteiger partial charge in [-0.15, -0.1) is 0 Å². The summed E-state index contributed by atoms with van der Waals surface area (Å²) in [7, 11) is 0. The summed E-state index contributed by atoms with van der Waals surface area (Å²) >= 11 is 1.79. The maximum absolute atomic E-state index is 4.32. The van der Waals surface area contributed by atoms with Crippen LogP contribution in [0.25, 0.3) is 0 Å². The molecule has 0 spiro atoms. The van der Waals surface area contributed by atoms with Crippen LogP contribution in [0.5, 0.6) is 0 Å². The Morgan fingerprint density at radius 3 is 2.41 bits per heavy atom. The van der Waals surface area contributed by atoms with Crippen LogP contribution in [-0.4, -0.2) is 5.71 Å². The fraction of sp³-hybridized carbons (Fsp3) is 0.105. The molecular formula is C19H18N2S. The second kappa shape index (κ2) is 6.24. The molecule has 0 atom stereocenters. The van der Waals surface area contributed by atoms with Gasteiger partial charge in [-0.2, -0.15) is 5.10 Å². The van der Waals surface area contributed by atoms with Crippen molar-refractivity contribution in [1.82, 2.24) is 5.43 Å². The molecule has 0 aliphatic carbocycles. The van der Waals surface area contributed by atoms with Crippen molar-refractivity contribution in [2.75, 3.05) is 0 Å². The minimum Gasteiger partial charge on any atom is -0.279 e. The Morgan fingerprint density at radius 1 is 1.00 bits per heavy atom. The average Bonchev–Trinajstić information content (AvgIpc) is 2.52. The number of rotatable bonds is 3. The van der Waals surface area contributed by atoms with Crippen LogP contribution in [0.2, 0.25) is 0 Å². The van der Waals surface area contributed by atoms with E-state index < -0.39 is 0 Å². The van der Waals surface area contributed by atoms with Crippen molar-refractivity contribution >= 4 is 17.5 Å². The standard InChI is InChI=1S/C19H18N2S/c1-13-4-8-17(9-5-13)22-19-11-7-16(12-14(19)2)18-10-6-15(3)20-21-18/h4-12,20H,3H2,1-2H3. The second-order valence-corrected chi connectivity index (χ2v) is 6.48. The van der Waals surface area contributed by atoms with Crippen molar-refractivity contribution in [3.8, 4) is 0 Å². The molecule has 3 heteroatoms. The molecule has 2 aromatic carbocycles. The highest BCUT2D eigenvalue weighted by Crippen LogP contribution is 2.31. The van der Waals surface area contributed by atoms with Gasteiger partial charge in [-0.05, 0) is 55.8 Å². The van der Waals surface area contributed by atoms with Gasteiger partial charge in [0, 0.05) is 21.1 Å². The van der Waals surface area contributed by atoms with E-state index in [9.17, 15) is 0 Å². The molecule has 1 N–H and O–H groups in total. The SMILES string of the molecule is C=C1C=CC(c2ccc(Sc3ccc(C)cc3)c(C)c2)=NN1. The summed E-state index contributed by atoms with van der Waals surface area (Å²) in [5, 5.41) is 4.32.